The minimum Gasteiger partial charge on any atom is -0.313 e. The third kappa shape index (κ3) is 3.14. The van der Waals surface area contributed by atoms with E-state index in [2.05, 4.69) is 22.0 Å². The minimum absolute atomic E-state index is 0.768. The van der Waals surface area contributed by atoms with Gasteiger partial charge in [0.15, 0.2) is 0 Å². The van der Waals surface area contributed by atoms with Crippen molar-refractivity contribution in [3.8, 4) is 0 Å². The second-order valence-electron chi connectivity index (χ2n) is 6.74. The largest absolute Gasteiger partial charge is 0.313 e. The maximum atomic E-state index is 3.69. The van der Waals surface area contributed by atoms with Crippen molar-refractivity contribution in [1.82, 2.24) is 15.1 Å². The number of rotatable bonds is 5. The van der Waals surface area contributed by atoms with Crippen molar-refractivity contribution in [2.75, 3.05) is 32.7 Å². The van der Waals surface area contributed by atoms with E-state index in [-0.39, 0.29) is 0 Å². The van der Waals surface area contributed by atoms with Crippen LogP contribution in [0, 0.1) is 0 Å². The molecule has 0 aromatic carbocycles. The molecule has 3 fully saturated rings. The van der Waals surface area contributed by atoms with E-state index >= 15 is 0 Å². The Morgan fingerprint density at radius 1 is 1.11 bits per heavy atom. The quantitative estimate of drug-likeness (QED) is 0.821. The van der Waals surface area contributed by atoms with Crippen molar-refractivity contribution >= 4 is 0 Å². The van der Waals surface area contributed by atoms with Crippen LogP contribution in [0.4, 0.5) is 0 Å². The molecule has 3 aliphatic rings. The summed E-state index contributed by atoms with van der Waals surface area (Å²) in [5, 5.41) is 3.69. The van der Waals surface area contributed by atoms with Crippen LogP contribution >= 0.6 is 0 Å². The van der Waals surface area contributed by atoms with Gasteiger partial charge in [-0.1, -0.05) is 13.3 Å². The van der Waals surface area contributed by atoms with Crippen LogP contribution < -0.4 is 5.32 Å². The molecule has 19 heavy (non-hydrogen) atoms. The Bertz CT molecular complexity index is 275. The molecule has 3 unspecified atom stereocenters. The SMILES string of the molecule is CCCN(CC1CCCN1)C1CCN2CCCCC12. The van der Waals surface area contributed by atoms with Crippen LogP contribution in [0.2, 0.25) is 0 Å². The summed E-state index contributed by atoms with van der Waals surface area (Å²) in [6.07, 6.45) is 9.82. The maximum Gasteiger partial charge on any atom is 0.0264 e. The van der Waals surface area contributed by atoms with Crippen molar-refractivity contribution < 1.29 is 0 Å². The van der Waals surface area contributed by atoms with Gasteiger partial charge in [-0.25, -0.2) is 0 Å². The topological polar surface area (TPSA) is 18.5 Å². The molecule has 1 N–H and O–H groups in total. The van der Waals surface area contributed by atoms with Crippen molar-refractivity contribution in [3.05, 3.63) is 0 Å². The molecule has 110 valence electrons. The molecule has 0 saturated carbocycles. The lowest BCUT2D eigenvalue weighted by molar-refractivity contribution is 0.107. The fourth-order valence-corrected chi connectivity index (χ4v) is 4.52. The summed E-state index contributed by atoms with van der Waals surface area (Å²) in [4.78, 5) is 5.61. The molecule has 0 radical (unpaired) electrons. The smallest absolute Gasteiger partial charge is 0.0264 e. The Kier molecular flexibility index (Phi) is 4.78. The van der Waals surface area contributed by atoms with Crippen molar-refractivity contribution in [2.24, 2.45) is 0 Å². The summed E-state index contributed by atoms with van der Waals surface area (Å²) >= 11 is 0. The van der Waals surface area contributed by atoms with Crippen LogP contribution in [-0.2, 0) is 0 Å². The normalized spacial score (nSPS) is 36.0. The molecule has 3 nitrogen and oxygen atoms in total. The minimum atomic E-state index is 0.768. The van der Waals surface area contributed by atoms with Crippen LogP contribution in [0.1, 0.15) is 51.9 Å². The number of hydrogen-bond donors (Lipinski definition) is 1. The standard InChI is InChI=1S/C16H31N3/c1-2-10-19(13-14-6-5-9-17-14)16-8-12-18-11-4-3-7-15(16)18/h14-17H,2-13H2,1H3. The van der Waals surface area contributed by atoms with E-state index in [1.54, 1.807) is 0 Å². The lowest BCUT2D eigenvalue weighted by Gasteiger charge is -2.38. The zero-order valence-electron chi connectivity index (χ0n) is 12.6. The van der Waals surface area contributed by atoms with Crippen LogP contribution in [0.5, 0.6) is 0 Å². The predicted molar refractivity (Wildman–Crippen MR) is 80.5 cm³/mol. The zero-order chi connectivity index (χ0) is 13.1. The first-order valence-electron chi connectivity index (χ1n) is 8.60. The molecule has 0 aromatic rings. The first-order valence-corrected chi connectivity index (χ1v) is 8.60. The average Bonchev–Trinajstić information content (AvgIpc) is 3.07. The number of nitrogens with one attached hydrogen (secondary N) is 1. The Balaban J connectivity index is 1.61. The van der Waals surface area contributed by atoms with Crippen LogP contribution in [0.3, 0.4) is 0 Å². The fraction of sp³-hybridized carbons (Fsp3) is 1.00. The fourth-order valence-electron chi connectivity index (χ4n) is 4.52. The van der Waals surface area contributed by atoms with Gasteiger partial charge in [-0.3, -0.25) is 9.80 Å². The van der Waals surface area contributed by atoms with Gasteiger partial charge in [0.2, 0.25) is 0 Å². The van der Waals surface area contributed by atoms with Crippen LogP contribution in [0.15, 0.2) is 0 Å². The van der Waals surface area contributed by atoms with Gasteiger partial charge < -0.3 is 5.32 Å². The van der Waals surface area contributed by atoms with Gasteiger partial charge in [0.1, 0.15) is 0 Å². The zero-order valence-corrected chi connectivity index (χ0v) is 12.6. The predicted octanol–water partition coefficient (Wildman–Crippen LogP) is 2.08. The highest BCUT2D eigenvalue weighted by molar-refractivity contribution is 4.96. The Morgan fingerprint density at radius 2 is 2.05 bits per heavy atom. The Hall–Kier alpha value is -0.120. The molecule has 3 rings (SSSR count). The summed E-state index contributed by atoms with van der Waals surface area (Å²) in [7, 11) is 0. The van der Waals surface area contributed by atoms with E-state index in [0.717, 1.165) is 18.1 Å². The van der Waals surface area contributed by atoms with E-state index in [0.29, 0.717) is 0 Å². The van der Waals surface area contributed by atoms with Crippen LogP contribution in [-0.4, -0.2) is 60.6 Å². The van der Waals surface area contributed by atoms with E-state index in [1.165, 1.54) is 77.7 Å². The van der Waals surface area contributed by atoms with Gasteiger partial charge in [0.05, 0.1) is 0 Å². The molecule has 0 aromatic heterocycles. The third-order valence-corrected chi connectivity index (χ3v) is 5.42. The van der Waals surface area contributed by atoms with Gasteiger partial charge in [0, 0.05) is 31.2 Å². The van der Waals surface area contributed by atoms with E-state index in [9.17, 15) is 0 Å². The molecule has 0 bridgehead atoms. The van der Waals surface area contributed by atoms with E-state index in [4.69, 9.17) is 0 Å². The van der Waals surface area contributed by atoms with Gasteiger partial charge in [0.25, 0.3) is 0 Å². The highest BCUT2D eigenvalue weighted by Gasteiger charge is 2.38. The molecule has 3 aliphatic heterocycles. The Morgan fingerprint density at radius 3 is 2.84 bits per heavy atom. The number of hydrogen-bond acceptors (Lipinski definition) is 3. The lowest BCUT2D eigenvalue weighted by Crippen LogP contribution is -2.50. The van der Waals surface area contributed by atoms with Gasteiger partial charge in [-0.05, 0) is 58.2 Å². The van der Waals surface area contributed by atoms with Gasteiger partial charge in [-0.2, -0.15) is 0 Å². The average molecular weight is 265 g/mol. The highest BCUT2D eigenvalue weighted by atomic mass is 15.3. The van der Waals surface area contributed by atoms with E-state index < -0.39 is 0 Å². The third-order valence-electron chi connectivity index (χ3n) is 5.42. The summed E-state index contributed by atoms with van der Waals surface area (Å²) in [6.45, 7) is 8.89. The second-order valence-corrected chi connectivity index (χ2v) is 6.74. The van der Waals surface area contributed by atoms with E-state index in [1.807, 2.05) is 0 Å². The summed E-state index contributed by atoms with van der Waals surface area (Å²) in [5.41, 5.74) is 0. The molecular formula is C16H31N3. The molecule has 3 saturated heterocycles. The number of nitrogens with zero attached hydrogens (tertiary/aromatic N) is 2. The summed E-state index contributed by atoms with van der Waals surface area (Å²) < 4.78 is 0. The second kappa shape index (κ2) is 6.55. The summed E-state index contributed by atoms with van der Waals surface area (Å²) in [6, 6.07) is 2.49. The van der Waals surface area contributed by atoms with Crippen molar-refractivity contribution in [1.29, 1.82) is 0 Å². The van der Waals surface area contributed by atoms with Crippen molar-refractivity contribution in [2.45, 2.75) is 70.0 Å². The van der Waals surface area contributed by atoms with Crippen molar-refractivity contribution in [3.63, 3.8) is 0 Å². The lowest BCUT2D eigenvalue weighted by atomic mass is 9.97. The van der Waals surface area contributed by atoms with Crippen LogP contribution in [0.25, 0.3) is 0 Å². The molecule has 3 heteroatoms. The molecule has 3 heterocycles. The van der Waals surface area contributed by atoms with Gasteiger partial charge in [-0.15, -0.1) is 0 Å². The first kappa shape index (κ1) is 13.8. The Labute approximate surface area is 118 Å². The number of piperidine rings is 1. The molecule has 0 spiro atoms. The van der Waals surface area contributed by atoms with Gasteiger partial charge >= 0.3 is 0 Å². The molecule has 0 amide bonds. The highest BCUT2D eigenvalue weighted by Crippen LogP contribution is 2.31. The maximum absolute atomic E-state index is 3.69. The summed E-state index contributed by atoms with van der Waals surface area (Å²) in [5.74, 6) is 0. The monoisotopic (exact) mass is 265 g/mol. The first-order chi connectivity index (χ1) is 9.38. The molecular weight excluding hydrogens is 234 g/mol. The molecule has 3 atom stereocenters. The molecule has 0 aliphatic carbocycles. The number of fused-ring (bicyclic) bond motifs is 1.